The molecule has 1 aliphatic rings. The number of amides is 1. The topological polar surface area (TPSA) is 68.5 Å². The van der Waals surface area contributed by atoms with Gasteiger partial charge in [0.2, 0.25) is 5.89 Å². The molecular formula is C13H21N3O3. The van der Waals surface area contributed by atoms with E-state index in [1.165, 1.54) is 0 Å². The number of ether oxygens (including phenoxy) is 1. The molecule has 2 rings (SSSR count). The van der Waals surface area contributed by atoms with Crippen molar-refractivity contribution in [3.05, 3.63) is 11.7 Å². The maximum atomic E-state index is 12.1. The Morgan fingerprint density at radius 1 is 1.58 bits per heavy atom. The maximum absolute atomic E-state index is 12.1. The van der Waals surface area contributed by atoms with Gasteiger partial charge in [-0.2, -0.15) is 4.98 Å². The number of likely N-dealkylation sites (tertiary alicyclic amines) is 1. The summed E-state index contributed by atoms with van der Waals surface area (Å²) in [4.78, 5) is 17.7. The summed E-state index contributed by atoms with van der Waals surface area (Å²) in [5.74, 6) is -0.193. The molecule has 1 aromatic heterocycles. The molecule has 1 atom stereocenters. The second-order valence-corrected chi connectivity index (χ2v) is 5.72. The molecule has 0 radical (unpaired) electrons. The summed E-state index contributed by atoms with van der Waals surface area (Å²) in [5, 5.41) is 3.51. The van der Waals surface area contributed by atoms with Crippen LogP contribution < -0.4 is 0 Å². The predicted molar refractivity (Wildman–Crippen MR) is 68.8 cm³/mol. The van der Waals surface area contributed by atoms with Crippen molar-refractivity contribution in [2.45, 2.75) is 52.0 Å². The molecule has 0 bridgehead atoms. The van der Waals surface area contributed by atoms with E-state index in [1.54, 1.807) is 4.90 Å². The molecule has 0 aliphatic carbocycles. The highest BCUT2D eigenvalue weighted by molar-refractivity contribution is 5.68. The molecule has 1 saturated heterocycles. The molecule has 1 unspecified atom stereocenters. The van der Waals surface area contributed by atoms with Crippen LogP contribution in [-0.4, -0.2) is 39.8 Å². The summed E-state index contributed by atoms with van der Waals surface area (Å²) in [6.45, 7) is 4.04. The van der Waals surface area contributed by atoms with Gasteiger partial charge in [0.15, 0.2) is 5.82 Å². The third-order valence-corrected chi connectivity index (χ3v) is 2.86. The van der Waals surface area contributed by atoms with Gasteiger partial charge in [0, 0.05) is 17.2 Å². The molecule has 106 valence electrons. The minimum absolute atomic E-state index is 0.162. The van der Waals surface area contributed by atoms with Gasteiger partial charge in [0.05, 0.1) is 5.92 Å². The molecule has 0 N–H and O–H groups in total. The van der Waals surface area contributed by atoms with E-state index in [2.05, 4.69) is 10.1 Å². The third kappa shape index (κ3) is 3.68. The summed E-state index contributed by atoms with van der Waals surface area (Å²) < 4.78 is 32.2. The van der Waals surface area contributed by atoms with Crippen LogP contribution in [0.5, 0.6) is 0 Å². The lowest BCUT2D eigenvalue weighted by Gasteiger charge is -2.32. The molecule has 19 heavy (non-hydrogen) atoms. The van der Waals surface area contributed by atoms with E-state index in [0.29, 0.717) is 13.1 Å². The molecule has 1 aliphatic heterocycles. The van der Waals surface area contributed by atoms with Crippen molar-refractivity contribution in [1.82, 2.24) is 15.0 Å². The van der Waals surface area contributed by atoms with Gasteiger partial charge in [-0.25, -0.2) is 4.79 Å². The molecule has 6 heteroatoms. The van der Waals surface area contributed by atoms with Gasteiger partial charge in [0.25, 0.3) is 0 Å². The van der Waals surface area contributed by atoms with Crippen molar-refractivity contribution in [3.63, 3.8) is 0 Å². The van der Waals surface area contributed by atoms with Crippen LogP contribution in [0.25, 0.3) is 0 Å². The fourth-order valence-electron chi connectivity index (χ4n) is 2.07. The number of hydrogen-bond acceptors (Lipinski definition) is 5. The molecule has 1 fully saturated rings. The van der Waals surface area contributed by atoms with Crippen molar-refractivity contribution < 1.29 is 18.2 Å². The van der Waals surface area contributed by atoms with E-state index < -0.39 is 12.5 Å². The first-order valence-electron chi connectivity index (χ1n) is 7.88. The molecular weight excluding hydrogens is 246 g/mol. The molecule has 0 aromatic carbocycles. The van der Waals surface area contributed by atoms with Crippen LogP contribution in [0.4, 0.5) is 4.79 Å². The van der Waals surface area contributed by atoms with Crippen LogP contribution in [0, 0.1) is 6.85 Å². The lowest BCUT2D eigenvalue weighted by Crippen LogP contribution is -2.42. The number of aryl methyl sites for hydroxylation is 1. The largest absolute Gasteiger partial charge is 0.444 e. The van der Waals surface area contributed by atoms with E-state index in [-0.39, 0.29) is 23.7 Å². The number of carbonyl (C=O) groups is 1. The Kier molecular flexibility index (Phi) is 2.79. The molecule has 1 amide bonds. The standard InChI is InChI=1S/C13H21N3O3/c1-9-14-11(19-15-9)10-6-5-7-16(8-10)12(17)18-13(2,3)4/h10H,5-8H2,1-4H3/i1D3. The maximum Gasteiger partial charge on any atom is 0.410 e. The zero-order valence-corrected chi connectivity index (χ0v) is 11.5. The van der Waals surface area contributed by atoms with Crippen LogP contribution in [0.2, 0.25) is 0 Å². The fourth-order valence-corrected chi connectivity index (χ4v) is 2.07. The molecule has 1 aromatic rings. The van der Waals surface area contributed by atoms with Gasteiger partial charge in [-0.15, -0.1) is 0 Å². The van der Waals surface area contributed by atoms with Crippen LogP contribution >= 0.6 is 0 Å². The van der Waals surface area contributed by atoms with Crippen molar-refractivity contribution in [2.75, 3.05) is 13.1 Å². The Bertz CT molecular complexity index is 537. The van der Waals surface area contributed by atoms with Crippen LogP contribution in [0.15, 0.2) is 4.52 Å². The third-order valence-electron chi connectivity index (χ3n) is 2.86. The first kappa shape index (κ1) is 10.2. The van der Waals surface area contributed by atoms with E-state index >= 15 is 0 Å². The fraction of sp³-hybridized carbons (Fsp3) is 0.769. The summed E-state index contributed by atoms with van der Waals surface area (Å²) >= 11 is 0. The van der Waals surface area contributed by atoms with Crippen molar-refractivity contribution in [3.8, 4) is 0 Å². The molecule has 0 saturated carbocycles. The number of nitrogens with zero attached hydrogens (tertiary/aromatic N) is 3. The SMILES string of the molecule is [2H]C([2H])([2H])c1noc(C2CCCN(C(=O)OC(C)(C)C)C2)n1. The lowest BCUT2D eigenvalue weighted by atomic mass is 9.98. The number of rotatable bonds is 1. The summed E-state index contributed by atoms with van der Waals surface area (Å²) in [5.41, 5.74) is -0.553. The Hall–Kier alpha value is -1.59. The number of piperidine rings is 1. The molecule has 0 spiro atoms. The average molecular weight is 270 g/mol. The van der Waals surface area contributed by atoms with Gasteiger partial charge >= 0.3 is 6.09 Å². The van der Waals surface area contributed by atoms with E-state index in [9.17, 15) is 4.79 Å². The average Bonchev–Trinajstić information content (AvgIpc) is 2.86. The quantitative estimate of drug-likeness (QED) is 0.784. The van der Waals surface area contributed by atoms with Gasteiger partial charge < -0.3 is 14.2 Å². The second kappa shape index (κ2) is 5.19. The minimum atomic E-state index is -2.39. The highest BCUT2D eigenvalue weighted by Gasteiger charge is 2.30. The Balaban J connectivity index is 2.04. The summed E-state index contributed by atoms with van der Waals surface area (Å²) in [7, 11) is 0. The monoisotopic (exact) mass is 270 g/mol. The number of aromatic nitrogens is 2. The van der Waals surface area contributed by atoms with Gasteiger partial charge in [-0.3, -0.25) is 0 Å². The van der Waals surface area contributed by atoms with E-state index in [4.69, 9.17) is 13.4 Å². The molecule has 2 heterocycles. The van der Waals surface area contributed by atoms with Gasteiger partial charge in [-0.05, 0) is 40.5 Å². The lowest BCUT2D eigenvalue weighted by molar-refractivity contribution is 0.0189. The first-order valence-corrected chi connectivity index (χ1v) is 6.38. The van der Waals surface area contributed by atoms with Crippen LogP contribution in [0.1, 0.15) is 55.4 Å². The normalized spacial score (nSPS) is 23.4. The Morgan fingerprint density at radius 3 is 3.00 bits per heavy atom. The van der Waals surface area contributed by atoms with Gasteiger partial charge in [0.1, 0.15) is 5.60 Å². The number of carbonyl (C=O) groups excluding carboxylic acids is 1. The molecule has 6 nitrogen and oxygen atoms in total. The van der Waals surface area contributed by atoms with Crippen molar-refractivity contribution in [1.29, 1.82) is 0 Å². The first-order chi connectivity index (χ1) is 10.1. The van der Waals surface area contributed by atoms with E-state index in [1.807, 2.05) is 20.8 Å². The second-order valence-electron chi connectivity index (χ2n) is 5.72. The van der Waals surface area contributed by atoms with Crippen LogP contribution in [0.3, 0.4) is 0 Å². The van der Waals surface area contributed by atoms with Crippen LogP contribution in [-0.2, 0) is 4.74 Å². The minimum Gasteiger partial charge on any atom is -0.444 e. The van der Waals surface area contributed by atoms with Crippen molar-refractivity contribution >= 4 is 6.09 Å². The Morgan fingerprint density at radius 2 is 2.37 bits per heavy atom. The van der Waals surface area contributed by atoms with Crippen molar-refractivity contribution in [2.24, 2.45) is 0 Å². The summed E-state index contributed by atoms with van der Waals surface area (Å²) in [6.07, 6.45) is 1.16. The Labute approximate surface area is 117 Å². The highest BCUT2D eigenvalue weighted by Crippen LogP contribution is 2.26. The van der Waals surface area contributed by atoms with E-state index in [0.717, 1.165) is 12.8 Å². The number of hydrogen-bond donors (Lipinski definition) is 0. The zero-order valence-electron chi connectivity index (χ0n) is 14.5. The predicted octanol–water partition coefficient (Wildman–Crippen LogP) is 2.49. The summed E-state index contributed by atoms with van der Waals surface area (Å²) in [6, 6.07) is 0. The van der Waals surface area contributed by atoms with Gasteiger partial charge in [-0.1, -0.05) is 5.16 Å². The zero-order chi connectivity index (χ0) is 16.5. The smallest absolute Gasteiger partial charge is 0.410 e. The highest BCUT2D eigenvalue weighted by atomic mass is 16.6.